The van der Waals surface area contributed by atoms with Gasteiger partial charge in [0.2, 0.25) is 6.29 Å². The maximum atomic E-state index is 13.5. The average Bonchev–Trinajstić information content (AvgIpc) is 3.27. The predicted molar refractivity (Wildman–Crippen MR) is 206 cm³/mol. The topological polar surface area (TPSA) is 184 Å². The molecule has 11 atom stereocenters. The van der Waals surface area contributed by atoms with E-state index in [4.69, 9.17) is 52.1 Å². The second-order valence-electron chi connectivity index (χ2n) is 13.9. The Bertz CT molecular complexity index is 2010. The van der Waals surface area contributed by atoms with E-state index in [1.807, 2.05) is 91.0 Å². The molecule has 4 aromatic carbocycles. The van der Waals surface area contributed by atoms with Crippen LogP contribution in [0.4, 0.5) is 0 Å². The molecule has 0 saturated carbocycles. The fraction of sp³-hybridized carbons (Fsp3) is 0.395. The molecule has 16 heteroatoms. The zero-order valence-corrected chi connectivity index (χ0v) is 32.6. The molecule has 59 heavy (non-hydrogen) atoms. The van der Waals surface area contributed by atoms with Gasteiger partial charge in [-0.25, -0.2) is 4.79 Å². The third-order valence-corrected chi connectivity index (χ3v) is 9.97. The van der Waals surface area contributed by atoms with Crippen LogP contribution in [0.5, 0.6) is 11.5 Å². The van der Waals surface area contributed by atoms with Crippen LogP contribution in [-0.4, -0.2) is 94.1 Å². The number of esters is 2. The maximum absolute atomic E-state index is 13.5. The van der Waals surface area contributed by atoms with Crippen molar-refractivity contribution in [2.45, 2.75) is 87.8 Å². The number of benzene rings is 4. The third kappa shape index (κ3) is 10.2. The number of azide groups is 1. The van der Waals surface area contributed by atoms with Crippen molar-refractivity contribution in [1.29, 1.82) is 0 Å². The molecule has 3 saturated heterocycles. The van der Waals surface area contributed by atoms with E-state index < -0.39 is 79.6 Å². The highest BCUT2D eigenvalue weighted by Gasteiger charge is 2.57. The van der Waals surface area contributed by atoms with E-state index in [0.29, 0.717) is 11.5 Å². The van der Waals surface area contributed by atoms with Gasteiger partial charge >= 0.3 is 11.9 Å². The summed E-state index contributed by atoms with van der Waals surface area (Å²) < 4.78 is 68.3. The molecule has 7 rings (SSSR count). The smallest absolute Gasteiger partial charge is 0.339 e. The van der Waals surface area contributed by atoms with E-state index in [0.717, 1.165) is 16.7 Å². The Balaban J connectivity index is 1.29. The molecule has 16 nitrogen and oxygen atoms in total. The molecule has 0 spiro atoms. The Labute approximate surface area is 340 Å². The Kier molecular flexibility index (Phi) is 14.1. The van der Waals surface area contributed by atoms with E-state index in [1.165, 1.54) is 14.0 Å². The average molecular weight is 812 g/mol. The summed E-state index contributed by atoms with van der Waals surface area (Å²) in [4.78, 5) is 29.1. The van der Waals surface area contributed by atoms with Crippen LogP contribution in [-0.2, 0) is 65.4 Å². The molecule has 0 amide bonds. The van der Waals surface area contributed by atoms with Gasteiger partial charge in [0, 0.05) is 17.4 Å². The van der Waals surface area contributed by atoms with Gasteiger partial charge in [-0.05, 0) is 40.9 Å². The molecule has 310 valence electrons. The lowest BCUT2D eigenvalue weighted by Crippen LogP contribution is -2.67. The first-order valence-corrected chi connectivity index (χ1v) is 19.0. The third-order valence-electron chi connectivity index (χ3n) is 9.97. The molecule has 4 aromatic rings. The van der Waals surface area contributed by atoms with Gasteiger partial charge in [0.05, 0.1) is 34.0 Å². The Morgan fingerprint density at radius 3 is 1.93 bits per heavy atom. The zero-order chi connectivity index (χ0) is 41.1. The molecule has 0 bridgehead atoms. The normalized spacial score (nSPS) is 28.9. The lowest BCUT2D eigenvalue weighted by atomic mass is 9.94. The van der Waals surface area contributed by atoms with Crippen molar-refractivity contribution in [3.05, 3.63) is 142 Å². The molecule has 0 N–H and O–H groups in total. The number of carbonyl (C=O) groups is 2. The van der Waals surface area contributed by atoms with Crippen molar-refractivity contribution >= 4 is 11.9 Å². The Hall–Kier alpha value is -5.55. The van der Waals surface area contributed by atoms with E-state index in [2.05, 4.69) is 10.0 Å². The first kappa shape index (κ1) is 41.6. The summed E-state index contributed by atoms with van der Waals surface area (Å²) in [6.45, 7) is 1.33. The van der Waals surface area contributed by atoms with Gasteiger partial charge < -0.3 is 52.1 Å². The van der Waals surface area contributed by atoms with Crippen LogP contribution in [0.15, 0.2) is 120 Å². The minimum atomic E-state index is -1.57. The number of hydrogen-bond donors (Lipinski definition) is 0. The Morgan fingerprint density at radius 1 is 0.729 bits per heavy atom. The van der Waals surface area contributed by atoms with Crippen LogP contribution in [0.25, 0.3) is 10.4 Å². The first-order valence-electron chi connectivity index (χ1n) is 19.0. The van der Waals surface area contributed by atoms with Crippen LogP contribution in [0.2, 0.25) is 0 Å². The molecule has 0 unspecified atom stereocenters. The number of fused-ring (bicyclic) bond motifs is 1. The van der Waals surface area contributed by atoms with Crippen molar-refractivity contribution in [1.82, 2.24) is 0 Å². The molecule has 3 fully saturated rings. The molecular formula is C43H45N3O13. The van der Waals surface area contributed by atoms with Crippen LogP contribution in [0.1, 0.15) is 29.9 Å². The van der Waals surface area contributed by atoms with Gasteiger partial charge in [0.1, 0.15) is 48.1 Å². The van der Waals surface area contributed by atoms with Gasteiger partial charge in [-0.3, -0.25) is 4.79 Å². The number of carbonyl (C=O) groups excluding carboxylic acids is 2. The van der Waals surface area contributed by atoms with Crippen molar-refractivity contribution in [2.24, 2.45) is 5.11 Å². The summed E-state index contributed by atoms with van der Waals surface area (Å²) >= 11 is 0. The highest BCUT2D eigenvalue weighted by Crippen LogP contribution is 2.40. The van der Waals surface area contributed by atoms with Crippen LogP contribution in [0.3, 0.4) is 0 Å². The van der Waals surface area contributed by atoms with Gasteiger partial charge in [-0.2, -0.15) is 0 Å². The molecule has 3 aliphatic rings. The fourth-order valence-electron chi connectivity index (χ4n) is 7.16. The number of methoxy groups -OCH3 is 2. The van der Waals surface area contributed by atoms with Crippen molar-refractivity contribution in [2.75, 3.05) is 20.8 Å². The summed E-state index contributed by atoms with van der Waals surface area (Å²) in [5.41, 5.74) is 12.3. The van der Waals surface area contributed by atoms with Crippen LogP contribution < -0.4 is 9.47 Å². The van der Waals surface area contributed by atoms with Gasteiger partial charge in [0.15, 0.2) is 24.8 Å². The second-order valence-corrected chi connectivity index (χ2v) is 13.9. The Morgan fingerprint density at radius 2 is 1.34 bits per heavy atom. The molecule has 0 aromatic heterocycles. The van der Waals surface area contributed by atoms with Gasteiger partial charge in [-0.1, -0.05) is 96.1 Å². The zero-order valence-electron chi connectivity index (χ0n) is 32.6. The SMILES string of the molecule is COC(=O)[C@H]1O[C@@H](O[C@H]2[C@H]3O[C@@H](c4ccccc4)OC[C@H]3O[C@@H](Oc3ccc(OC)cc3)[C@@H]2OCc2ccccc2)[C@@H](N=[N+]=[N-])[C@@H](OCc2ccccc2)[C@@H]1OC(C)=O. The van der Waals surface area contributed by atoms with Crippen molar-refractivity contribution in [3.8, 4) is 11.5 Å². The lowest BCUT2D eigenvalue weighted by Gasteiger charge is -2.51. The monoisotopic (exact) mass is 811 g/mol. The minimum Gasteiger partial charge on any atom is -0.497 e. The molecular weight excluding hydrogens is 766 g/mol. The fourth-order valence-corrected chi connectivity index (χ4v) is 7.16. The van der Waals surface area contributed by atoms with Gasteiger partial charge in [0.25, 0.3) is 0 Å². The maximum Gasteiger partial charge on any atom is 0.339 e. The summed E-state index contributed by atoms with van der Waals surface area (Å²) in [6, 6.07) is 33.6. The molecule has 3 aliphatic heterocycles. The van der Waals surface area contributed by atoms with Crippen molar-refractivity contribution < 1.29 is 61.7 Å². The number of rotatable bonds is 15. The van der Waals surface area contributed by atoms with E-state index >= 15 is 0 Å². The highest BCUT2D eigenvalue weighted by molar-refractivity contribution is 5.76. The summed E-state index contributed by atoms with van der Waals surface area (Å²) in [6.07, 6.45) is -11.6. The molecule has 0 radical (unpaired) electrons. The second kappa shape index (κ2) is 19.9. The minimum absolute atomic E-state index is 0.0108. The first-order chi connectivity index (χ1) is 28.8. The number of hydrogen-bond acceptors (Lipinski definition) is 14. The van der Waals surface area contributed by atoms with Crippen molar-refractivity contribution in [3.63, 3.8) is 0 Å². The lowest BCUT2D eigenvalue weighted by molar-refractivity contribution is -0.381. The largest absolute Gasteiger partial charge is 0.497 e. The predicted octanol–water partition coefficient (Wildman–Crippen LogP) is 5.98. The molecule has 0 aliphatic carbocycles. The number of ether oxygens (including phenoxy) is 11. The van der Waals surface area contributed by atoms with Gasteiger partial charge in [-0.15, -0.1) is 0 Å². The molecule has 3 heterocycles. The van der Waals surface area contributed by atoms with E-state index in [-0.39, 0.29) is 19.8 Å². The van der Waals surface area contributed by atoms with Crippen LogP contribution >= 0.6 is 0 Å². The standard InChI is InChI=1S/C43H45N3O13/c1-26(47)54-37-35(51-23-27-13-7-4-8-14-27)33(45-46-44)42(59-38(37)40(48)50-3)58-36-34-32(25-53-41(57-34)29-17-11-6-12-18-29)56-43(55-31-21-19-30(49-2)20-22-31)39(36)52-24-28-15-9-5-10-16-28/h4-22,32-39,41-43H,23-25H2,1-3H3/t32-,33+,34+,35-,36+,37+,38+,39-,41+,42-,43-/m1/s1. The summed E-state index contributed by atoms with van der Waals surface area (Å²) in [5.74, 6) is -0.559. The van der Waals surface area contributed by atoms with Crippen LogP contribution in [0, 0.1) is 0 Å². The summed E-state index contributed by atoms with van der Waals surface area (Å²) in [5, 5.41) is 4.07. The number of nitrogens with zero attached hydrogens (tertiary/aromatic N) is 3. The van der Waals surface area contributed by atoms with E-state index in [1.54, 1.807) is 31.4 Å². The quantitative estimate of drug-likeness (QED) is 0.0592. The van der Waals surface area contributed by atoms with E-state index in [9.17, 15) is 15.1 Å². The summed E-state index contributed by atoms with van der Waals surface area (Å²) in [7, 11) is 2.73. The highest BCUT2D eigenvalue weighted by atomic mass is 16.8.